The van der Waals surface area contributed by atoms with Crippen molar-refractivity contribution in [3.8, 4) is 23.0 Å². The zero-order chi connectivity index (χ0) is 16.1. The van der Waals surface area contributed by atoms with Gasteiger partial charge in [-0.25, -0.2) is 0 Å². The first-order valence-electron chi connectivity index (χ1n) is 7.21. The molecule has 0 amide bonds. The van der Waals surface area contributed by atoms with Crippen LogP contribution in [0.4, 0.5) is 0 Å². The molecule has 3 aromatic rings. The first-order valence-corrected chi connectivity index (χ1v) is 7.21. The number of hydrogen-bond acceptors (Lipinski definition) is 5. The molecule has 1 heterocycles. The van der Waals surface area contributed by atoms with Gasteiger partial charge >= 0.3 is 0 Å². The predicted octanol–water partition coefficient (Wildman–Crippen LogP) is 3.75. The molecule has 0 aromatic heterocycles. The monoisotopic (exact) mass is 312 g/mol. The number of benzene rings is 3. The van der Waals surface area contributed by atoms with Crippen molar-refractivity contribution in [1.82, 2.24) is 0 Å². The molecule has 23 heavy (non-hydrogen) atoms. The molecule has 0 aliphatic carbocycles. The summed E-state index contributed by atoms with van der Waals surface area (Å²) in [5.74, 6) is 1.85. The van der Waals surface area contributed by atoms with Crippen molar-refractivity contribution in [2.24, 2.45) is 0 Å². The molecule has 5 nitrogen and oxygen atoms in total. The van der Waals surface area contributed by atoms with E-state index in [1.807, 2.05) is 24.3 Å². The molecule has 0 unspecified atom stereocenters. The average molecular weight is 312 g/mol. The van der Waals surface area contributed by atoms with Gasteiger partial charge in [0.25, 0.3) is 0 Å². The van der Waals surface area contributed by atoms with Gasteiger partial charge in [-0.3, -0.25) is 0 Å². The second kappa shape index (κ2) is 4.93. The van der Waals surface area contributed by atoms with Crippen LogP contribution in [0, 0.1) is 0 Å². The Labute approximate surface area is 132 Å². The maximum Gasteiger partial charge on any atom is 0.230 e. The molecular weight excluding hydrogens is 296 g/mol. The minimum atomic E-state index is -0.662. The lowest BCUT2D eigenvalue weighted by Gasteiger charge is -2.28. The Morgan fingerprint density at radius 1 is 0.957 bits per heavy atom. The lowest BCUT2D eigenvalue weighted by molar-refractivity contribution is -0.0570. The van der Waals surface area contributed by atoms with E-state index in [0.717, 1.165) is 27.3 Å². The molecule has 0 saturated heterocycles. The molecule has 3 aromatic carbocycles. The number of hydrogen-bond donors (Lipinski definition) is 1. The minimum Gasteiger partial charge on any atom is -0.504 e. The SMILES string of the molecule is COc1cc2c3c(ccc4cc(O)c(OC)c(c43)[C@H](OC)O2)c1. The van der Waals surface area contributed by atoms with Gasteiger partial charge in [0, 0.05) is 23.9 Å². The van der Waals surface area contributed by atoms with Crippen LogP contribution in [0.3, 0.4) is 0 Å². The molecular formula is C18H16O5. The second-order valence-electron chi connectivity index (χ2n) is 5.42. The summed E-state index contributed by atoms with van der Waals surface area (Å²) >= 11 is 0. The molecule has 0 radical (unpaired) electrons. The summed E-state index contributed by atoms with van der Waals surface area (Å²) < 4.78 is 22.2. The fraction of sp³-hybridized carbons (Fsp3) is 0.222. The largest absolute Gasteiger partial charge is 0.504 e. The Morgan fingerprint density at radius 3 is 2.35 bits per heavy atom. The minimum absolute atomic E-state index is 0.0666. The van der Waals surface area contributed by atoms with Gasteiger partial charge in [-0.05, 0) is 22.9 Å². The van der Waals surface area contributed by atoms with Crippen molar-refractivity contribution in [2.75, 3.05) is 21.3 Å². The highest BCUT2D eigenvalue weighted by Crippen LogP contribution is 2.50. The smallest absolute Gasteiger partial charge is 0.230 e. The first kappa shape index (κ1) is 14.0. The molecule has 0 saturated carbocycles. The van der Waals surface area contributed by atoms with E-state index in [0.29, 0.717) is 17.1 Å². The predicted molar refractivity (Wildman–Crippen MR) is 86.6 cm³/mol. The Morgan fingerprint density at radius 2 is 1.70 bits per heavy atom. The van der Waals surface area contributed by atoms with E-state index >= 15 is 0 Å². The van der Waals surface area contributed by atoms with E-state index in [1.54, 1.807) is 20.3 Å². The van der Waals surface area contributed by atoms with Gasteiger partial charge in [0.2, 0.25) is 6.29 Å². The molecule has 0 spiro atoms. The van der Waals surface area contributed by atoms with E-state index in [-0.39, 0.29) is 5.75 Å². The summed E-state index contributed by atoms with van der Waals surface area (Å²) in [6, 6.07) is 9.44. The number of ether oxygens (including phenoxy) is 4. The normalized spacial score (nSPS) is 15.9. The number of aromatic hydroxyl groups is 1. The van der Waals surface area contributed by atoms with Crippen molar-refractivity contribution in [1.29, 1.82) is 0 Å². The van der Waals surface area contributed by atoms with Crippen molar-refractivity contribution >= 4 is 21.5 Å². The standard InChI is InChI=1S/C18H16O5/c1-20-11-6-9-4-5-10-7-12(19)17(21-2)16-15(10)14(9)13(8-11)23-18(16)22-3/h4-8,18-19H,1-3H3/t18-/m1/s1. The Hall–Kier alpha value is -2.66. The third kappa shape index (κ3) is 1.83. The Kier molecular flexibility index (Phi) is 2.99. The highest BCUT2D eigenvalue weighted by atomic mass is 16.7. The van der Waals surface area contributed by atoms with Crippen LogP contribution in [0.5, 0.6) is 23.0 Å². The molecule has 1 aliphatic rings. The highest BCUT2D eigenvalue weighted by Gasteiger charge is 2.30. The molecule has 5 heteroatoms. The molecule has 0 bridgehead atoms. The molecule has 118 valence electrons. The number of methoxy groups -OCH3 is 3. The first-order chi connectivity index (χ1) is 11.2. The summed E-state index contributed by atoms with van der Waals surface area (Å²) in [4.78, 5) is 0. The third-order valence-electron chi connectivity index (χ3n) is 4.25. The van der Waals surface area contributed by atoms with Crippen molar-refractivity contribution in [2.45, 2.75) is 6.29 Å². The van der Waals surface area contributed by atoms with E-state index in [2.05, 4.69) is 0 Å². The maximum absolute atomic E-state index is 10.3. The molecule has 0 fully saturated rings. The zero-order valence-electron chi connectivity index (χ0n) is 13.0. The van der Waals surface area contributed by atoms with Gasteiger partial charge in [-0.15, -0.1) is 0 Å². The summed E-state index contributed by atoms with van der Waals surface area (Å²) in [6.07, 6.45) is -0.662. The number of phenolic OH excluding ortho intramolecular Hbond substituents is 1. The summed E-state index contributed by atoms with van der Waals surface area (Å²) in [6.45, 7) is 0. The Balaban J connectivity index is 2.23. The van der Waals surface area contributed by atoms with E-state index in [1.165, 1.54) is 7.11 Å². The number of phenols is 1. The summed E-state index contributed by atoms with van der Waals surface area (Å²) in [5, 5.41) is 14.1. The third-order valence-corrected chi connectivity index (χ3v) is 4.25. The van der Waals surface area contributed by atoms with Crippen LogP contribution < -0.4 is 14.2 Å². The average Bonchev–Trinajstić information content (AvgIpc) is 2.58. The maximum atomic E-state index is 10.3. The summed E-state index contributed by atoms with van der Waals surface area (Å²) in [5.41, 5.74) is 0.702. The topological polar surface area (TPSA) is 57.2 Å². The van der Waals surface area contributed by atoms with Crippen LogP contribution in [0.2, 0.25) is 0 Å². The van der Waals surface area contributed by atoms with Crippen LogP contribution in [0.1, 0.15) is 11.9 Å². The lowest BCUT2D eigenvalue weighted by atomic mass is 9.93. The molecule has 4 rings (SSSR count). The molecule has 1 atom stereocenters. The van der Waals surface area contributed by atoms with Gasteiger partial charge in [-0.2, -0.15) is 0 Å². The Bertz CT molecular complexity index is 932. The second-order valence-corrected chi connectivity index (χ2v) is 5.42. The molecule has 1 aliphatic heterocycles. The van der Waals surface area contributed by atoms with Gasteiger partial charge in [0.15, 0.2) is 11.5 Å². The molecule has 1 N–H and O–H groups in total. The van der Waals surface area contributed by atoms with Crippen LogP contribution in [0.15, 0.2) is 30.3 Å². The van der Waals surface area contributed by atoms with Crippen LogP contribution in [-0.4, -0.2) is 26.4 Å². The van der Waals surface area contributed by atoms with Crippen molar-refractivity contribution in [3.63, 3.8) is 0 Å². The highest BCUT2D eigenvalue weighted by molar-refractivity contribution is 6.14. The van der Waals surface area contributed by atoms with E-state index < -0.39 is 6.29 Å². The van der Waals surface area contributed by atoms with Gasteiger partial charge in [0.05, 0.1) is 19.8 Å². The van der Waals surface area contributed by atoms with Crippen molar-refractivity contribution in [3.05, 3.63) is 35.9 Å². The number of rotatable bonds is 3. The zero-order valence-corrected chi connectivity index (χ0v) is 13.0. The quantitative estimate of drug-likeness (QED) is 0.746. The van der Waals surface area contributed by atoms with Gasteiger partial charge in [-0.1, -0.05) is 12.1 Å². The fourth-order valence-electron chi connectivity index (χ4n) is 3.28. The fourth-order valence-corrected chi connectivity index (χ4v) is 3.28. The van der Waals surface area contributed by atoms with Crippen molar-refractivity contribution < 1.29 is 24.1 Å². The van der Waals surface area contributed by atoms with Crippen LogP contribution in [0.25, 0.3) is 21.5 Å². The summed E-state index contributed by atoms with van der Waals surface area (Å²) in [7, 11) is 4.71. The van der Waals surface area contributed by atoms with Gasteiger partial charge < -0.3 is 24.1 Å². The van der Waals surface area contributed by atoms with E-state index in [9.17, 15) is 5.11 Å². The van der Waals surface area contributed by atoms with Crippen LogP contribution >= 0.6 is 0 Å². The van der Waals surface area contributed by atoms with Gasteiger partial charge in [0.1, 0.15) is 11.5 Å². The van der Waals surface area contributed by atoms with Crippen LogP contribution in [-0.2, 0) is 4.74 Å². The lowest BCUT2D eigenvalue weighted by Crippen LogP contribution is -2.15. The van der Waals surface area contributed by atoms with E-state index in [4.69, 9.17) is 18.9 Å².